The summed E-state index contributed by atoms with van der Waals surface area (Å²) in [6.07, 6.45) is 8.86. The number of ether oxygens (including phenoxy) is 2. The lowest BCUT2D eigenvalue weighted by molar-refractivity contribution is -0.173. The van der Waals surface area contributed by atoms with Gasteiger partial charge in [0.1, 0.15) is 23.8 Å². The molecule has 6 aromatic rings. The number of benzene rings is 4. The number of carbonyl (C=O) groups is 2. The van der Waals surface area contributed by atoms with E-state index in [0.29, 0.717) is 12.1 Å². The van der Waals surface area contributed by atoms with Crippen molar-refractivity contribution in [1.29, 1.82) is 0 Å². The van der Waals surface area contributed by atoms with E-state index >= 15 is 0 Å². The molecule has 4 heterocycles. The van der Waals surface area contributed by atoms with E-state index < -0.39 is 24.1 Å². The summed E-state index contributed by atoms with van der Waals surface area (Å²) in [6.45, 7) is 9.41. The van der Waals surface area contributed by atoms with Crippen molar-refractivity contribution in [3.63, 3.8) is 0 Å². The van der Waals surface area contributed by atoms with E-state index in [1.165, 1.54) is 24.3 Å². The van der Waals surface area contributed by atoms with Gasteiger partial charge in [-0.3, -0.25) is 0 Å². The van der Waals surface area contributed by atoms with Crippen LogP contribution < -0.4 is 0 Å². The van der Waals surface area contributed by atoms with E-state index in [-0.39, 0.29) is 11.6 Å². The Kier molecular flexibility index (Phi) is 12.0. The lowest BCUT2D eigenvalue weighted by atomic mass is 10.0. The van der Waals surface area contributed by atoms with E-state index in [0.717, 1.165) is 122 Å². The number of nitrogens with zero attached hydrogens (tertiary/aromatic N) is 4. The maximum absolute atomic E-state index is 13.3. The minimum absolute atomic E-state index is 0.204. The number of hydrogen-bond acceptors (Lipinski definition) is 6. The van der Waals surface area contributed by atoms with Crippen molar-refractivity contribution in [3.05, 3.63) is 143 Å². The molecule has 2 saturated heterocycles. The molecule has 0 aliphatic carbocycles. The summed E-state index contributed by atoms with van der Waals surface area (Å²) in [6, 6.07) is 30.6. The van der Waals surface area contributed by atoms with Crippen molar-refractivity contribution in [2.45, 2.75) is 76.7 Å². The predicted octanol–water partition coefficient (Wildman–Crippen LogP) is 9.54. The third kappa shape index (κ3) is 9.19. The van der Waals surface area contributed by atoms with Gasteiger partial charge in [0.15, 0.2) is 0 Å². The average Bonchev–Trinajstić information content (AvgIpc) is 3.88. The zero-order valence-electron chi connectivity index (χ0n) is 33.4. The lowest BCUT2D eigenvalue weighted by Gasteiger charge is -2.33. The van der Waals surface area contributed by atoms with Crippen molar-refractivity contribution in [2.24, 2.45) is 0 Å². The number of carbonyl (C=O) groups excluding carboxylic acids is 2. The van der Waals surface area contributed by atoms with Gasteiger partial charge in [-0.2, -0.15) is 0 Å². The van der Waals surface area contributed by atoms with Crippen LogP contribution >= 0.6 is 0 Å². The normalized spacial score (nSPS) is 17.1. The van der Waals surface area contributed by atoms with Crippen LogP contribution in [-0.4, -0.2) is 70.1 Å². The van der Waals surface area contributed by atoms with Gasteiger partial charge in [-0.25, -0.2) is 18.4 Å². The van der Waals surface area contributed by atoms with Gasteiger partial charge in [0.2, 0.25) is 0 Å². The summed E-state index contributed by atoms with van der Waals surface area (Å²) < 4.78 is 42.6. The molecule has 8 rings (SSSR count). The first-order valence-electron chi connectivity index (χ1n) is 20.7. The van der Waals surface area contributed by atoms with Crippen LogP contribution in [-0.2, 0) is 31.9 Å². The molecule has 2 unspecified atom stereocenters. The molecule has 2 fully saturated rings. The second kappa shape index (κ2) is 17.7. The van der Waals surface area contributed by atoms with Crippen LogP contribution in [0, 0.1) is 11.6 Å². The highest BCUT2D eigenvalue weighted by atomic mass is 19.1. The molecule has 0 amide bonds. The zero-order chi connectivity index (χ0) is 40.2. The summed E-state index contributed by atoms with van der Waals surface area (Å²) in [5.41, 5.74) is 6.07. The number of piperidine rings is 2. The Hall–Kier alpha value is -5.32. The van der Waals surface area contributed by atoms with Crippen LogP contribution in [0.1, 0.15) is 86.1 Å². The molecule has 0 spiro atoms. The Labute approximate surface area is 338 Å². The molecule has 0 bridgehead atoms. The lowest BCUT2D eigenvalue weighted by Crippen LogP contribution is -2.35. The Bertz CT molecular complexity index is 2170. The van der Waals surface area contributed by atoms with Gasteiger partial charge >= 0.3 is 11.9 Å². The monoisotopic (exact) mass is 786 g/mol. The van der Waals surface area contributed by atoms with Crippen molar-refractivity contribution in [2.75, 3.05) is 39.3 Å². The fourth-order valence-electron chi connectivity index (χ4n) is 8.75. The van der Waals surface area contributed by atoms with Crippen molar-refractivity contribution >= 4 is 33.7 Å². The molecule has 0 N–H and O–H groups in total. The first kappa shape index (κ1) is 39.5. The van der Waals surface area contributed by atoms with Gasteiger partial charge in [0, 0.05) is 74.8 Å². The first-order chi connectivity index (χ1) is 28.2. The summed E-state index contributed by atoms with van der Waals surface area (Å²) >= 11 is 0. The van der Waals surface area contributed by atoms with Crippen LogP contribution in [0.25, 0.3) is 21.8 Å². The smallest absolute Gasteiger partial charge is 0.418 e. The summed E-state index contributed by atoms with van der Waals surface area (Å²) in [7, 11) is 0. The Morgan fingerprint density at radius 1 is 0.569 bits per heavy atom. The molecule has 302 valence electrons. The third-order valence-electron chi connectivity index (χ3n) is 12.3. The Balaban J connectivity index is 0.831. The molecule has 0 saturated carbocycles. The molecule has 4 aromatic carbocycles. The van der Waals surface area contributed by atoms with Crippen LogP contribution in [0.3, 0.4) is 0 Å². The Morgan fingerprint density at radius 2 is 0.948 bits per heavy atom. The maximum atomic E-state index is 13.3. The largest absolute Gasteiger partial charge is 0.449 e. The minimum atomic E-state index is -1.02. The van der Waals surface area contributed by atoms with E-state index in [1.807, 2.05) is 48.5 Å². The van der Waals surface area contributed by atoms with E-state index in [1.54, 1.807) is 13.8 Å². The molecule has 2 aromatic heterocycles. The van der Waals surface area contributed by atoms with Gasteiger partial charge in [-0.15, -0.1) is 0 Å². The fourth-order valence-corrected chi connectivity index (χ4v) is 8.75. The van der Waals surface area contributed by atoms with Crippen LogP contribution in [0.5, 0.6) is 0 Å². The molecular formula is C48H52F2N4O4. The van der Waals surface area contributed by atoms with Gasteiger partial charge < -0.3 is 28.4 Å². The topological polar surface area (TPSA) is 68.9 Å². The van der Waals surface area contributed by atoms with Gasteiger partial charge in [0.25, 0.3) is 0 Å². The number of fused-ring (bicyclic) bond motifs is 2. The van der Waals surface area contributed by atoms with Crippen LogP contribution in [0.4, 0.5) is 8.78 Å². The molecular weight excluding hydrogens is 735 g/mol. The number of esters is 2. The Morgan fingerprint density at radius 3 is 1.33 bits per heavy atom. The summed E-state index contributed by atoms with van der Waals surface area (Å²) in [5.74, 6) is -2.44. The van der Waals surface area contributed by atoms with E-state index in [4.69, 9.17) is 9.47 Å². The standard InChI is InChI=1S/C48H52F2N4O4/c1-33(39-9-7-37-17-29-53(45(37)31-39)43-19-25-51(26-20-43)23-15-35-3-11-41(49)12-4-35)57-47(55)48(56)58-34(2)40-10-8-38-18-30-54(46(38)32-40)44-21-27-52(28-22-44)24-16-36-5-13-42(50)14-6-36/h3-14,17-18,29-34,43-44H,15-16,19-28H2,1-2H3. The number of halogens is 2. The average molecular weight is 787 g/mol. The quantitative estimate of drug-likeness (QED) is 0.0910. The second-order valence-electron chi connectivity index (χ2n) is 16.1. The molecule has 8 nitrogen and oxygen atoms in total. The number of aromatic nitrogens is 2. The number of rotatable bonds is 12. The first-order valence-corrected chi connectivity index (χ1v) is 20.7. The molecule has 0 radical (unpaired) electrons. The molecule has 10 heteroatoms. The predicted molar refractivity (Wildman–Crippen MR) is 223 cm³/mol. The number of hydrogen-bond donors (Lipinski definition) is 0. The maximum Gasteiger partial charge on any atom is 0.418 e. The van der Waals surface area contributed by atoms with Crippen LogP contribution in [0.2, 0.25) is 0 Å². The second-order valence-corrected chi connectivity index (χ2v) is 16.1. The molecule has 2 atom stereocenters. The SMILES string of the molecule is CC(OC(=O)C(=O)OC(C)c1ccc2ccn(C3CCN(CCc4ccc(F)cc4)CC3)c2c1)c1ccc2ccn(C3CCN(CCc4ccc(F)cc4)CC3)c2c1. The summed E-state index contributed by atoms with van der Waals surface area (Å²) in [5, 5.41) is 2.22. The molecule has 58 heavy (non-hydrogen) atoms. The number of likely N-dealkylation sites (tertiary alicyclic amines) is 2. The van der Waals surface area contributed by atoms with Crippen molar-refractivity contribution in [1.82, 2.24) is 18.9 Å². The zero-order valence-corrected chi connectivity index (χ0v) is 33.4. The highest BCUT2D eigenvalue weighted by Gasteiger charge is 2.27. The minimum Gasteiger partial charge on any atom is -0.449 e. The van der Waals surface area contributed by atoms with Crippen molar-refractivity contribution < 1.29 is 27.8 Å². The van der Waals surface area contributed by atoms with Gasteiger partial charge in [-0.05, 0) is 134 Å². The highest BCUT2D eigenvalue weighted by molar-refractivity contribution is 6.29. The molecule has 2 aliphatic rings. The van der Waals surface area contributed by atoms with Gasteiger partial charge in [0.05, 0.1) is 0 Å². The van der Waals surface area contributed by atoms with Gasteiger partial charge in [-0.1, -0.05) is 48.5 Å². The van der Waals surface area contributed by atoms with Crippen molar-refractivity contribution in [3.8, 4) is 0 Å². The van der Waals surface area contributed by atoms with E-state index in [9.17, 15) is 18.4 Å². The molecule has 2 aliphatic heterocycles. The highest BCUT2D eigenvalue weighted by Crippen LogP contribution is 2.32. The fraction of sp³-hybridized carbons (Fsp3) is 0.375. The third-order valence-corrected chi connectivity index (χ3v) is 12.3. The van der Waals surface area contributed by atoms with E-state index in [2.05, 4.69) is 55.6 Å². The summed E-state index contributed by atoms with van der Waals surface area (Å²) in [4.78, 5) is 31.1. The van der Waals surface area contributed by atoms with Crippen LogP contribution in [0.15, 0.2) is 109 Å².